The Morgan fingerprint density at radius 2 is 1.83 bits per heavy atom. The molecule has 1 aromatic rings. The van der Waals surface area contributed by atoms with E-state index in [2.05, 4.69) is 24.8 Å². The average Bonchev–Trinajstić information content (AvgIpc) is 2.33. The molecule has 4 heteroatoms. The van der Waals surface area contributed by atoms with Crippen LogP contribution in [0.1, 0.15) is 38.3 Å². The van der Waals surface area contributed by atoms with E-state index in [9.17, 15) is 5.26 Å². The molecule has 1 unspecified atom stereocenters. The zero-order valence-electron chi connectivity index (χ0n) is 10.8. The van der Waals surface area contributed by atoms with Crippen molar-refractivity contribution in [2.24, 2.45) is 0 Å². The Hall–Kier alpha value is -0.750. The predicted molar refractivity (Wildman–Crippen MR) is 77.0 cm³/mol. The summed E-state index contributed by atoms with van der Waals surface area (Å²) < 4.78 is 0. The highest BCUT2D eigenvalue weighted by molar-refractivity contribution is 6.35. The standard InChI is InChI=1S/C14H18Cl2N2/c1-3-7-18(8-4-2)14(10-17)12-6-5-11(15)9-13(12)16/h5-6,9,14H,3-4,7-8H2,1-2H3. The maximum absolute atomic E-state index is 9.41. The molecule has 98 valence electrons. The first kappa shape index (κ1) is 15.3. The molecular weight excluding hydrogens is 267 g/mol. The topological polar surface area (TPSA) is 27.0 Å². The second-order valence-corrected chi connectivity index (χ2v) is 5.08. The van der Waals surface area contributed by atoms with Gasteiger partial charge in [0.05, 0.1) is 6.07 Å². The van der Waals surface area contributed by atoms with Gasteiger partial charge in [0.2, 0.25) is 0 Å². The minimum atomic E-state index is -0.297. The Labute approximate surface area is 119 Å². The second kappa shape index (κ2) is 7.63. The van der Waals surface area contributed by atoms with Crippen LogP contribution in [0, 0.1) is 11.3 Å². The Morgan fingerprint density at radius 1 is 1.22 bits per heavy atom. The maximum atomic E-state index is 9.41. The minimum Gasteiger partial charge on any atom is -0.284 e. The van der Waals surface area contributed by atoms with Gasteiger partial charge in [0.15, 0.2) is 0 Å². The number of rotatable bonds is 6. The van der Waals surface area contributed by atoms with Crippen molar-refractivity contribution in [1.29, 1.82) is 5.26 Å². The van der Waals surface area contributed by atoms with Crippen LogP contribution in [0.2, 0.25) is 10.0 Å². The molecule has 0 bridgehead atoms. The summed E-state index contributed by atoms with van der Waals surface area (Å²) in [5, 5.41) is 10.6. The van der Waals surface area contributed by atoms with Crippen LogP contribution >= 0.6 is 23.2 Å². The fraction of sp³-hybridized carbons (Fsp3) is 0.500. The highest BCUT2D eigenvalue weighted by atomic mass is 35.5. The molecule has 0 fully saturated rings. The van der Waals surface area contributed by atoms with Gasteiger partial charge in [-0.15, -0.1) is 0 Å². The zero-order chi connectivity index (χ0) is 13.5. The van der Waals surface area contributed by atoms with Gasteiger partial charge in [0.25, 0.3) is 0 Å². The summed E-state index contributed by atoms with van der Waals surface area (Å²) in [6.07, 6.45) is 2.03. The van der Waals surface area contributed by atoms with E-state index in [0.29, 0.717) is 10.0 Å². The maximum Gasteiger partial charge on any atom is 0.125 e. The minimum absolute atomic E-state index is 0.297. The van der Waals surface area contributed by atoms with Gasteiger partial charge in [0.1, 0.15) is 6.04 Å². The number of nitriles is 1. The monoisotopic (exact) mass is 284 g/mol. The van der Waals surface area contributed by atoms with Gasteiger partial charge in [-0.3, -0.25) is 4.90 Å². The van der Waals surface area contributed by atoms with Gasteiger partial charge in [-0.2, -0.15) is 5.26 Å². The smallest absolute Gasteiger partial charge is 0.125 e. The van der Waals surface area contributed by atoms with E-state index in [1.807, 2.05) is 6.07 Å². The van der Waals surface area contributed by atoms with Gasteiger partial charge in [-0.25, -0.2) is 0 Å². The van der Waals surface area contributed by atoms with Crippen LogP contribution in [-0.2, 0) is 0 Å². The number of hydrogen-bond acceptors (Lipinski definition) is 2. The van der Waals surface area contributed by atoms with E-state index in [1.165, 1.54) is 0 Å². The summed E-state index contributed by atoms with van der Waals surface area (Å²) in [5.41, 5.74) is 0.838. The molecule has 0 aromatic heterocycles. The van der Waals surface area contributed by atoms with Crippen LogP contribution in [0.3, 0.4) is 0 Å². The first-order chi connectivity index (χ1) is 8.63. The molecular formula is C14H18Cl2N2. The summed E-state index contributed by atoms with van der Waals surface area (Å²) in [7, 11) is 0. The molecule has 18 heavy (non-hydrogen) atoms. The third-order valence-corrected chi connectivity index (χ3v) is 3.33. The van der Waals surface area contributed by atoms with Crippen LogP contribution < -0.4 is 0 Å². The Bertz CT molecular complexity index is 420. The van der Waals surface area contributed by atoms with Crippen LogP contribution in [0.4, 0.5) is 0 Å². The highest BCUT2D eigenvalue weighted by Crippen LogP contribution is 2.29. The van der Waals surface area contributed by atoms with Crippen LogP contribution in [0.15, 0.2) is 18.2 Å². The molecule has 0 heterocycles. The number of benzene rings is 1. The first-order valence-electron chi connectivity index (χ1n) is 6.22. The van der Waals surface area contributed by atoms with Gasteiger partial charge in [-0.1, -0.05) is 43.1 Å². The number of halogens is 2. The summed E-state index contributed by atoms with van der Waals surface area (Å²) in [6.45, 7) is 6.01. The molecule has 0 radical (unpaired) electrons. The summed E-state index contributed by atoms with van der Waals surface area (Å²) in [5.74, 6) is 0. The Kier molecular flexibility index (Phi) is 6.49. The summed E-state index contributed by atoms with van der Waals surface area (Å²) >= 11 is 12.1. The van der Waals surface area contributed by atoms with Gasteiger partial charge in [0, 0.05) is 15.6 Å². The van der Waals surface area contributed by atoms with E-state index in [4.69, 9.17) is 23.2 Å². The third kappa shape index (κ3) is 3.88. The molecule has 0 saturated carbocycles. The molecule has 0 saturated heterocycles. The van der Waals surface area contributed by atoms with E-state index in [-0.39, 0.29) is 6.04 Å². The molecule has 1 rings (SSSR count). The van der Waals surface area contributed by atoms with Gasteiger partial charge >= 0.3 is 0 Å². The summed E-state index contributed by atoms with van der Waals surface area (Å²) in [4.78, 5) is 2.16. The molecule has 0 aliphatic heterocycles. The predicted octanol–water partition coefficient (Wildman–Crippen LogP) is 4.68. The Balaban J connectivity index is 3.03. The quantitative estimate of drug-likeness (QED) is 0.758. The molecule has 0 amide bonds. The number of hydrogen-bond donors (Lipinski definition) is 0. The fourth-order valence-corrected chi connectivity index (χ4v) is 2.53. The van der Waals surface area contributed by atoms with Crippen molar-refractivity contribution in [3.8, 4) is 6.07 Å². The van der Waals surface area contributed by atoms with E-state index < -0.39 is 0 Å². The van der Waals surface area contributed by atoms with Gasteiger partial charge in [-0.05, 0) is 38.1 Å². The normalized spacial score (nSPS) is 12.4. The fourth-order valence-electron chi connectivity index (χ4n) is 2.02. The second-order valence-electron chi connectivity index (χ2n) is 4.23. The lowest BCUT2D eigenvalue weighted by molar-refractivity contribution is 0.236. The van der Waals surface area contributed by atoms with Crippen molar-refractivity contribution < 1.29 is 0 Å². The largest absolute Gasteiger partial charge is 0.284 e. The van der Waals surface area contributed by atoms with Crippen LogP contribution in [-0.4, -0.2) is 18.0 Å². The Morgan fingerprint density at radius 3 is 2.28 bits per heavy atom. The van der Waals surface area contributed by atoms with Crippen LogP contribution in [0.5, 0.6) is 0 Å². The molecule has 0 aliphatic rings. The lowest BCUT2D eigenvalue weighted by Gasteiger charge is -2.27. The lowest BCUT2D eigenvalue weighted by atomic mass is 10.1. The zero-order valence-corrected chi connectivity index (χ0v) is 12.3. The molecule has 1 atom stereocenters. The average molecular weight is 285 g/mol. The molecule has 0 N–H and O–H groups in total. The van der Waals surface area contributed by atoms with Gasteiger partial charge < -0.3 is 0 Å². The van der Waals surface area contributed by atoms with Crippen LogP contribution in [0.25, 0.3) is 0 Å². The van der Waals surface area contributed by atoms with Crippen molar-refractivity contribution in [3.63, 3.8) is 0 Å². The molecule has 2 nitrogen and oxygen atoms in total. The summed E-state index contributed by atoms with van der Waals surface area (Å²) in [6, 6.07) is 7.37. The molecule has 1 aromatic carbocycles. The molecule has 0 spiro atoms. The van der Waals surface area contributed by atoms with Crippen molar-refractivity contribution >= 4 is 23.2 Å². The first-order valence-corrected chi connectivity index (χ1v) is 6.98. The van der Waals surface area contributed by atoms with Crippen molar-refractivity contribution in [2.45, 2.75) is 32.7 Å². The number of nitrogens with zero attached hydrogens (tertiary/aromatic N) is 2. The SMILES string of the molecule is CCCN(CCC)C(C#N)c1ccc(Cl)cc1Cl. The molecule has 0 aliphatic carbocycles. The van der Waals surface area contributed by atoms with E-state index in [1.54, 1.807) is 12.1 Å². The third-order valence-electron chi connectivity index (χ3n) is 2.77. The lowest BCUT2D eigenvalue weighted by Crippen LogP contribution is -2.29. The van der Waals surface area contributed by atoms with Crippen molar-refractivity contribution in [1.82, 2.24) is 4.90 Å². The van der Waals surface area contributed by atoms with Crippen molar-refractivity contribution in [2.75, 3.05) is 13.1 Å². The van der Waals surface area contributed by atoms with E-state index in [0.717, 1.165) is 31.5 Å². The highest BCUT2D eigenvalue weighted by Gasteiger charge is 2.21. The van der Waals surface area contributed by atoms with Crippen molar-refractivity contribution in [3.05, 3.63) is 33.8 Å². The van der Waals surface area contributed by atoms with E-state index >= 15 is 0 Å².